The Bertz CT molecular complexity index is 734. The zero-order valence-corrected chi connectivity index (χ0v) is 33.4. The third kappa shape index (κ3) is 30.0. The largest absolute Gasteiger partial charge is 1.00 e. The van der Waals surface area contributed by atoms with Crippen molar-refractivity contribution >= 4 is 5.91 Å². The summed E-state index contributed by atoms with van der Waals surface area (Å²) < 4.78 is 6.66. The van der Waals surface area contributed by atoms with Gasteiger partial charge in [0, 0.05) is 13.0 Å². The van der Waals surface area contributed by atoms with Gasteiger partial charge in [-0.15, -0.1) is 0 Å². The predicted molar refractivity (Wildman–Crippen MR) is 207 cm³/mol. The molecule has 1 fully saturated rings. The molecule has 0 aromatic heterocycles. The SMILES string of the molecule is CCCCCCCC/C=C/CCCCCCCCN(CC[N+]1(C)CCOCC1)C(=O)CCCCCCC/C=C/CCCCCCCC.[Cl-]. The zero-order chi connectivity index (χ0) is 33.9. The highest BCUT2D eigenvalue weighted by Crippen LogP contribution is 2.15. The molecule has 0 unspecified atom stereocenters. The maximum Gasteiger partial charge on any atom is 0.222 e. The van der Waals surface area contributed by atoms with Gasteiger partial charge in [-0.05, 0) is 64.2 Å². The number of rotatable bonds is 34. The Kier molecular flexibility index (Phi) is 35.3. The first kappa shape index (κ1) is 47.2. The van der Waals surface area contributed by atoms with Gasteiger partial charge in [-0.25, -0.2) is 0 Å². The van der Waals surface area contributed by atoms with Crippen LogP contribution in [0, 0.1) is 0 Å². The highest BCUT2D eigenvalue weighted by atomic mass is 35.5. The van der Waals surface area contributed by atoms with Gasteiger partial charge in [-0.2, -0.15) is 0 Å². The second kappa shape index (κ2) is 36.0. The molecule has 0 aromatic carbocycles. The van der Waals surface area contributed by atoms with Gasteiger partial charge in [0.25, 0.3) is 0 Å². The molecule has 48 heavy (non-hydrogen) atoms. The topological polar surface area (TPSA) is 29.5 Å². The Balaban J connectivity index is 0.0000221. The monoisotopic (exact) mass is 695 g/mol. The van der Waals surface area contributed by atoms with Gasteiger partial charge in [0.1, 0.15) is 13.1 Å². The summed E-state index contributed by atoms with van der Waals surface area (Å²) in [7, 11) is 2.35. The third-order valence-electron chi connectivity index (χ3n) is 10.4. The number of morpholine rings is 1. The molecule has 1 heterocycles. The van der Waals surface area contributed by atoms with Crippen molar-refractivity contribution in [2.45, 2.75) is 194 Å². The number of amides is 1. The minimum absolute atomic E-state index is 0. The molecule has 1 aliphatic heterocycles. The molecular weight excluding hydrogens is 612 g/mol. The normalized spacial score (nSPS) is 14.6. The van der Waals surface area contributed by atoms with Crippen LogP contribution in [0.1, 0.15) is 194 Å². The molecule has 0 N–H and O–H groups in total. The van der Waals surface area contributed by atoms with Crippen LogP contribution in [0.5, 0.6) is 0 Å². The van der Waals surface area contributed by atoms with Gasteiger partial charge in [0.2, 0.25) is 5.91 Å². The van der Waals surface area contributed by atoms with Crippen molar-refractivity contribution in [3.8, 4) is 0 Å². The lowest BCUT2D eigenvalue weighted by molar-refractivity contribution is -0.916. The standard InChI is InChI=1S/C43H83N2O2.ClH/c1-4-6-8-10-12-14-16-18-20-22-24-26-28-30-32-34-36-44(37-38-45(3)39-41-47-42-40-45)43(46)35-33-31-29-27-25-23-21-19-17-15-13-11-9-7-5-2;/h18-21H,4-17,22-42H2,1-3H3;1H/q+1;/p-1/b20-18+,21-19+;. The number of likely N-dealkylation sites (N-methyl/N-ethyl adjacent to an activating group) is 1. The molecule has 0 atom stereocenters. The summed E-state index contributed by atoms with van der Waals surface area (Å²) in [5.41, 5.74) is 0. The minimum Gasteiger partial charge on any atom is -1.00 e. The highest BCUT2D eigenvalue weighted by molar-refractivity contribution is 5.76. The molecule has 4 nitrogen and oxygen atoms in total. The Hall–Kier alpha value is -0.840. The van der Waals surface area contributed by atoms with Crippen LogP contribution in [0.2, 0.25) is 0 Å². The number of hydrogen-bond donors (Lipinski definition) is 0. The van der Waals surface area contributed by atoms with E-state index < -0.39 is 0 Å². The molecule has 0 aromatic rings. The lowest BCUT2D eigenvalue weighted by atomic mass is 10.1. The number of carbonyl (C=O) groups excluding carboxylic acids is 1. The number of nitrogens with zero attached hydrogens (tertiary/aromatic N) is 2. The van der Waals surface area contributed by atoms with E-state index >= 15 is 0 Å². The molecule has 0 bridgehead atoms. The second-order valence-electron chi connectivity index (χ2n) is 15.1. The van der Waals surface area contributed by atoms with Gasteiger partial charge >= 0.3 is 0 Å². The number of halogens is 1. The van der Waals surface area contributed by atoms with Crippen LogP contribution in [0.25, 0.3) is 0 Å². The van der Waals surface area contributed by atoms with Crippen LogP contribution in [-0.2, 0) is 9.53 Å². The first-order chi connectivity index (χ1) is 23.1. The average Bonchev–Trinajstić information content (AvgIpc) is 3.07. The summed E-state index contributed by atoms with van der Waals surface area (Å²) in [6, 6.07) is 0. The summed E-state index contributed by atoms with van der Waals surface area (Å²) in [6.45, 7) is 11.3. The van der Waals surface area contributed by atoms with E-state index in [0.29, 0.717) is 5.91 Å². The molecule has 0 aliphatic carbocycles. The van der Waals surface area contributed by atoms with E-state index in [0.717, 1.165) is 69.7 Å². The molecule has 5 heteroatoms. The lowest BCUT2D eigenvalue weighted by Crippen LogP contribution is -3.00. The molecule has 0 spiro atoms. The zero-order valence-electron chi connectivity index (χ0n) is 32.6. The van der Waals surface area contributed by atoms with E-state index in [1.54, 1.807) is 0 Å². The van der Waals surface area contributed by atoms with Crippen molar-refractivity contribution in [3.63, 3.8) is 0 Å². The van der Waals surface area contributed by atoms with E-state index in [1.807, 2.05) is 0 Å². The Morgan fingerprint density at radius 2 is 0.917 bits per heavy atom. The molecule has 1 aliphatic rings. The van der Waals surface area contributed by atoms with Crippen LogP contribution >= 0.6 is 0 Å². The van der Waals surface area contributed by atoms with E-state index in [1.165, 1.54) is 161 Å². The molecule has 1 rings (SSSR count). The predicted octanol–water partition coefficient (Wildman–Crippen LogP) is 9.37. The molecule has 1 saturated heterocycles. The molecule has 1 amide bonds. The summed E-state index contributed by atoms with van der Waals surface area (Å²) in [6.07, 6.45) is 45.9. The van der Waals surface area contributed by atoms with Gasteiger partial charge in [-0.3, -0.25) is 4.79 Å². The van der Waals surface area contributed by atoms with Crippen molar-refractivity contribution in [1.29, 1.82) is 0 Å². The van der Waals surface area contributed by atoms with Crippen molar-refractivity contribution < 1.29 is 26.4 Å². The van der Waals surface area contributed by atoms with Crippen LogP contribution in [0.15, 0.2) is 24.3 Å². The summed E-state index contributed by atoms with van der Waals surface area (Å²) in [5.74, 6) is 0.398. The van der Waals surface area contributed by atoms with E-state index in [2.05, 4.69) is 50.1 Å². The highest BCUT2D eigenvalue weighted by Gasteiger charge is 2.26. The number of ether oxygens (including phenoxy) is 1. The van der Waals surface area contributed by atoms with Gasteiger partial charge in [0.05, 0.1) is 33.4 Å². The van der Waals surface area contributed by atoms with Crippen LogP contribution in [-0.4, -0.2) is 68.3 Å². The van der Waals surface area contributed by atoms with Gasteiger partial charge in [0.15, 0.2) is 0 Å². The Morgan fingerprint density at radius 3 is 1.35 bits per heavy atom. The van der Waals surface area contributed by atoms with Crippen molar-refractivity contribution in [1.82, 2.24) is 4.90 Å². The second-order valence-corrected chi connectivity index (χ2v) is 15.1. The third-order valence-corrected chi connectivity index (χ3v) is 10.4. The van der Waals surface area contributed by atoms with Crippen LogP contribution < -0.4 is 12.4 Å². The average molecular weight is 696 g/mol. The fourth-order valence-electron chi connectivity index (χ4n) is 6.79. The van der Waals surface area contributed by atoms with E-state index in [-0.39, 0.29) is 12.4 Å². The maximum absolute atomic E-state index is 13.3. The molecule has 0 saturated carbocycles. The Morgan fingerprint density at radius 1 is 0.542 bits per heavy atom. The Labute approximate surface area is 307 Å². The number of hydrogen-bond acceptors (Lipinski definition) is 2. The maximum atomic E-state index is 13.3. The van der Waals surface area contributed by atoms with Crippen LogP contribution in [0.3, 0.4) is 0 Å². The van der Waals surface area contributed by atoms with Crippen molar-refractivity contribution in [2.24, 2.45) is 0 Å². The molecular formula is C43H83ClN2O2. The lowest BCUT2D eigenvalue weighted by Gasteiger charge is -2.39. The molecule has 0 radical (unpaired) electrons. The van der Waals surface area contributed by atoms with E-state index in [9.17, 15) is 4.79 Å². The summed E-state index contributed by atoms with van der Waals surface area (Å²) in [5, 5.41) is 0. The van der Waals surface area contributed by atoms with Crippen molar-refractivity contribution in [3.05, 3.63) is 24.3 Å². The minimum atomic E-state index is 0. The van der Waals surface area contributed by atoms with Gasteiger partial charge in [-0.1, -0.05) is 147 Å². The first-order valence-corrected chi connectivity index (χ1v) is 21.1. The smallest absolute Gasteiger partial charge is 0.222 e. The number of unbranched alkanes of at least 4 members (excludes halogenated alkanes) is 23. The van der Waals surface area contributed by atoms with Crippen molar-refractivity contribution in [2.75, 3.05) is 53.0 Å². The quantitative estimate of drug-likeness (QED) is 0.0382. The number of allylic oxidation sites excluding steroid dienone is 4. The number of quaternary nitrogens is 1. The van der Waals surface area contributed by atoms with E-state index in [4.69, 9.17) is 4.74 Å². The first-order valence-electron chi connectivity index (χ1n) is 21.1. The van der Waals surface area contributed by atoms with Crippen LogP contribution in [0.4, 0.5) is 0 Å². The fraction of sp³-hybridized carbons (Fsp3) is 0.884. The summed E-state index contributed by atoms with van der Waals surface area (Å²) >= 11 is 0. The molecule has 284 valence electrons. The number of carbonyl (C=O) groups is 1. The van der Waals surface area contributed by atoms with Gasteiger partial charge < -0.3 is 26.5 Å². The fourth-order valence-corrected chi connectivity index (χ4v) is 6.79. The summed E-state index contributed by atoms with van der Waals surface area (Å²) in [4.78, 5) is 15.5.